The number of aliphatic hydroxyl groups is 1. The van der Waals surface area contributed by atoms with Crippen molar-refractivity contribution in [3.63, 3.8) is 0 Å². The lowest BCUT2D eigenvalue weighted by Gasteiger charge is -2.20. The van der Waals surface area contributed by atoms with Gasteiger partial charge in [-0.2, -0.15) is 22.5 Å². The first-order valence-electron chi connectivity index (χ1n) is 5.13. The number of anilines is 1. The molecule has 1 unspecified atom stereocenters. The van der Waals surface area contributed by atoms with E-state index in [4.69, 9.17) is 5.11 Å². The molecular formula is C9H14F3N3OS. The lowest BCUT2D eigenvalue weighted by atomic mass is 10.0. The lowest BCUT2D eigenvalue weighted by molar-refractivity contribution is -0.144. The average molecular weight is 269 g/mol. The first-order valence-corrected chi connectivity index (χ1v) is 5.90. The van der Waals surface area contributed by atoms with Gasteiger partial charge in [0, 0.05) is 24.2 Å². The topological polar surface area (TPSA) is 58.0 Å². The van der Waals surface area contributed by atoms with Crippen molar-refractivity contribution in [1.29, 1.82) is 0 Å². The van der Waals surface area contributed by atoms with Crippen LogP contribution in [0.3, 0.4) is 0 Å². The Labute approximate surface area is 101 Å². The van der Waals surface area contributed by atoms with Crippen LogP contribution in [0.5, 0.6) is 0 Å². The van der Waals surface area contributed by atoms with Crippen molar-refractivity contribution in [3.8, 4) is 0 Å². The van der Waals surface area contributed by atoms with Gasteiger partial charge in [-0.3, -0.25) is 0 Å². The van der Waals surface area contributed by atoms with E-state index in [1.807, 2.05) is 13.8 Å². The summed E-state index contributed by atoms with van der Waals surface area (Å²) in [4.78, 5) is 3.38. The molecule has 0 aliphatic rings. The van der Waals surface area contributed by atoms with E-state index in [0.29, 0.717) is 18.0 Å². The van der Waals surface area contributed by atoms with Gasteiger partial charge in [0.1, 0.15) is 0 Å². The molecule has 2 N–H and O–H groups in total. The van der Waals surface area contributed by atoms with Gasteiger partial charge in [-0.15, -0.1) is 0 Å². The van der Waals surface area contributed by atoms with Crippen molar-refractivity contribution in [2.45, 2.75) is 32.5 Å². The highest BCUT2D eigenvalue weighted by Crippen LogP contribution is 2.29. The predicted octanol–water partition coefficient (Wildman–Crippen LogP) is 2.38. The van der Waals surface area contributed by atoms with E-state index >= 15 is 0 Å². The zero-order valence-corrected chi connectivity index (χ0v) is 10.3. The second kappa shape index (κ2) is 5.63. The molecule has 0 aromatic carbocycles. The lowest BCUT2D eigenvalue weighted by Crippen LogP contribution is -2.26. The number of hydrogen-bond donors (Lipinski definition) is 2. The summed E-state index contributed by atoms with van der Waals surface area (Å²) in [5, 5.41) is 11.8. The molecular weight excluding hydrogens is 255 g/mol. The number of aromatic nitrogens is 2. The van der Waals surface area contributed by atoms with Crippen LogP contribution in [0.4, 0.5) is 18.3 Å². The maximum atomic E-state index is 12.3. The van der Waals surface area contributed by atoms with Crippen molar-refractivity contribution >= 4 is 16.7 Å². The van der Waals surface area contributed by atoms with Crippen LogP contribution in [0.25, 0.3) is 0 Å². The van der Waals surface area contributed by atoms with Crippen molar-refractivity contribution in [2.24, 2.45) is 5.92 Å². The number of hydrogen-bond acceptors (Lipinski definition) is 5. The summed E-state index contributed by atoms with van der Waals surface area (Å²) in [7, 11) is 0. The van der Waals surface area contributed by atoms with Crippen LogP contribution in [-0.4, -0.2) is 27.1 Å². The number of alkyl halides is 3. The summed E-state index contributed by atoms with van der Waals surface area (Å²) in [6.45, 7) is 3.80. The number of aliphatic hydroxyl groups excluding tert-OH is 1. The van der Waals surface area contributed by atoms with Gasteiger partial charge in [0.15, 0.2) is 0 Å². The summed E-state index contributed by atoms with van der Waals surface area (Å²) >= 11 is 0.674. The number of halogens is 3. The Morgan fingerprint density at radius 2 is 2.06 bits per heavy atom. The fourth-order valence-corrected chi connectivity index (χ4v) is 1.92. The van der Waals surface area contributed by atoms with Crippen molar-refractivity contribution in [2.75, 3.05) is 11.9 Å². The largest absolute Gasteiger partial charge is 0.452 e. The summed E-state index contributed by atoms with van der Waals surface area (Å²) in [5.41, 5.74) is 0. The van der Waals surface area contributed by atoms with Crippen LogP contribution in [-0.2, 0) is 6.18 Å². The first kappa shape index (κ1) is 14.2. The smallest absolute Gasteiger partial charge is 0.396 e. The molecule has 0 saturated heterocycles. The fourth-order valence-electron chi connectivity index (χ4n) is 1.27. The highest BCUT2D eigenvalue weighted by atomic mass is 32.1. The highest BCUT2D eigenvalue weighted by molar-refractivity contribution is 7.09. The summed E-state index contributed by atoms with van der Waals surface area (Å²) in [6, 6.07) is -0.117. The zero-order valence-electron chi connectivity index (χ0n) is 9.45. The van der Waals surface area contributed by atoms with Crippen LogP contribution in [0, 0.1) is 5.92 Å². The molecule has 8 heteroatoms. The van der Waals surface area contributed by atoms with Crippen LogP contribution in [0.1, 0.15) is 26.1 Å². The monoisotopic (exact) mass is 269 g/mol. The third kappa shape index (κ3) is 4.12. The molecule has 1 aromatic heterocycles. The van der Waals surface area contributed by atoms with Gasteiger partial charge in [0.25, 0.3) is 0 Å². The molecule has 17 heavy (non-hydrogen) atoms. The molecule has 0 saturated carbocycles. The molecule has 4 nitrogen and oxygen atoms in total. The van der Waals surface area contributed by atoms with Gasteiger partial charge >= 0.3 is 6.18 Å². The quantitative estimate of drug-likeness (QED) is 0.861. The van der Waals surface area contributed by atoms with E-state index in [9.17, 15) is 13.2 Å². The second-order valence-corrected chi connectivity index (χ2v) is 4.68. The summed E-state index contributed by atoms with van der Waals surface area (Å²) in [6.07, 6.45) is -4.06. The van der Waals surface area contributed by atoms with Gasteiger partial charge in [0.05, 0.1) is 0 Å². The van der Waals surface area contributed by atoms with Crippen molar-refractivity contribution in [1.82, 2.24) is 9.36 Å². The minimum Gasteiger partial charge on any atom is -0.396 e. The van der Waals surface area contributed by atoms with Crippen LogP contribution >= 0.6 is 11.5 Å². The Bertz CT molecular complexity index is 354. The fraction of sp³-hybridized carbons (Fsp3) is 0.778. The van der Waals surface area contributed by atoms with Gasteiger partial charge in [-0.1, -0.05) is 13.8 Å². The van der Waals surface area contributed by atoms with Crippen LogP contribution in [0.15, 0.2) is 0 Å². The summed E-state index contributed by atoms with van der Waals surface area (Å²) < 4.78 is 40.0. The van der Waals surface area contributed by atoms with E-state index in [0.717, 1.165) is 0 Å². The van der Waals surface area contributed by atoms with E-state index in [1.165, 1.54) is 0 Å². The van der Waals surface area contributed by atoms with Gasteiger partial charge in [0.2, 0.25) is 11.0 Å². The Morgan fingerprint density at radius 3 is 2.47 bits per heavy atom. The number of rotatable bonds is 5. The maximum Gasteiger partial charge on any atom is 0.452 e. The summed E-state index contributed by atoms with van der Waals surface area (Å²) in [5.74, 6) is -0.947. The van der Waals surface area contributed by atoms with E-state index in [-0.39, 0.29) is 23.7 Å². The molecule has 1 heterocycles. The molecule has 98 valence electrons. The molecule has 0 radical (unpaired) electrons. The zero-order chi connectivity index (χ0) is 13.1. The Balaban J connectivity index is 2.70. The van der Waals surface area contributed by atoms with E-state index < -0.39 is 12.0 Å². The Kier molecular flexibility index (Phi) is 4.70. The molecule has 0 spiro atoms. The molecule has 1 aromatic rings. The maximum absolute atomic E-state index is 12.3. The SMILES string of the molecule is CC(C)C(CCO)Nc1nc(C(F)(F)F)ns1. The van der Waals surface area contributed by atoms with E-state index in [2.05, 4.69) is 14.7 Å². The Morgan fingerprint density at radius 1 is 1.41 bits per heavy atom. The molecule has 0 amide bonds. The van der Waals surface area contributed by atoms with Gasteiger partial charge in [-0.05, 0) is 12.3 Å². The van der Waals surface area contributed by atoms with Crippen molar-refractivity contribution < 1.29 is 18.3 Å². The number of nitrogens with one attached hydrogen (secondary N) is 1. The molecule has 0 aliphatic heterocycles. The minimum atomic E-state index is -4.51. The van der Waals surface area contributed by atoms with Crippen LogP contribution in [0.2, 0.25) is 0 Å². The Hall–Kier alpha value is -0.890. The third-order valence-corrected chi connectivity index (χ3v) is 2.88. The predicted molar refractivity (Wildman–Crippen MR) is 58.9 cm³/mol. The molecule has 0 bridgehead atoms. The van der Waals surface area contributed by atoms with Crippen molar-refractivity contribution in [3.05, 3.63) is 5.82 Å². The first-order chi connectivity index (χ1) is 7.84. The molecule has 0 aliphatic carbocycles. The molecule has 1 rings (SSSR count). The standard InChI is InChI=1S/C9H14F3N3OS/c1-5(2)6(3-4-16)13-8-14-7(15-17-8)9(10,11)12/h5-6,16H,3-4H2,1-2H3,(H,13,14,15). The highest BCUT2D eigenvalue weighted by Gasteiger charge is 2.36. The molecule has 0 fully saturated rings. The normalized spacial score (nSPS) is 14.1. The average Bonchev–Trinajstić information content (AvgIpc) is 2.64. The molecule has 1 atom stereocenters. The second-order valence-electron chi connectivity index (χ2n) is 3.93. The van der Waals surface area contributed by atoms with Gasteiger partial charge in [-0.25, -0.2) is 0 Å². The van der Waals surface area contributed by atoms with E-state index in [1.54, 1.807) is 0 Å². The number of nitrogens with zero attached hydrogens (tertiary/aromatic N) is 2. The van der Waals surface area contributed by atoms with Crippen LogP contribution < -0.4 is 5.32 Å². The minimum absolute atomic E-state index is 0.0270. The van der Waals surface area contributed by atoms with Gasteiger partial charge < -0.3 is 10.4 Å². The third-order valence-electron chi connectivity index (χ3n) is 2.23.